The van der Waals surface area contributed by atoms with Gasteiger partial charge in [-0.25, -0.2) is 0 Å². The lowest BCUT2D eigenvalue weighted by Crippen LogP contribution is -2.15. The molecule has 26 heavy (non-hydrogen) atoms. The molecule has 2 nitrogen and oxygen atoms in total. The third-order valence-corrected chi connectivity index (χ3v) is 4.44. The summed E-state index contributed by atoms with van der Waals surface area (Å²) in [4.78, 5) is 0. The number of allylic oxidation sites excluding steroid dienone is 1. The molecule has 0 radical (unpaired) electrons. The molecular formula is C20H23ClF3NO. The van der Waals surface area contributed by atoms with E-state index in [2.05, 4.69) is 11.4 Å². The third-order valence-electron chi connectivity index (χ3n) is 4.44. The molecule has 0 amide bonds. The van der Waals surface area contributed by atoms with E-state index < -0.39 is 11.7 Å². The van der Waals surface area contributed by atoms with Crippen molar-refractivity contribution in [1.29, 1.82) is 0 Å². The molecule has 2 aromatic rings. The van der Waals surface area contributed by atoms with Crippen LogP contribution in [0.1, 0.15) is 43.4 Å². The van der Waals surface area contributed by atoms with Gasteiger partial charge in [0.25, 0.3) is 0 Å². The van der Waals surface area contributed by atoms with Crippen molar-refractivity contribution in [1.82, 2.24) is 5.32 Å². The van der Waals surface area contributed by atoms with Crippen LogP contribution in [0.15, 0.2) is 52.5 Å². The van der Waals surface area contributed by atoms with Crippen LogP contribution in [-0.4, -0.2) is 6.54 Å². The summed E-state index contributed by atoms with van der Waals surface area (Å²) in [5, 5.41) is 3.33. The largest absolute Gasteiger partial charge is 0.460 e. The fourth-order valence-electron chi connectivity index (χ4n) is 3.07. The second kappa shape index (κ2) is 9.28. The Morgan fingerprint density at radius 2 is 1.92 bits per heavy atom. The Morgan fingerprint density at radius 3 is 2.65 bits per heavy atom. The molecule has 3 rings (SSSR count). The highest BCUT2D eigenvalue weighted by Gasteiger charge is 2.30. The van der Waals surface area contributed by atoms with Crippen molar-refractivity contribution >= 4 is 12.4 Å². The first-order valence-corrected chi connectivity index (χ1v) is 8.67. The van der Waals surface area contributed by atoms with Crippen LogP contribution in [0.4, 0.5) is 13.2 Å². The maximum atomic E-state index is 12.8. The quantitative estimate of drug-likeness (QED) is 0.461. The zero-order valence-corrected chi connectivity index (χ0v) is 15.3. The Balaban J connectivity index is 0.00000243. The smallest absolute Gasteiger partial charge is 0.416 e. The summed E-state index contributed by atoms with van der Waals surface area (Å²) in [6.45, 7) is 1.46. The SMILES string of the molecule is Cl.FC(F)(F)c1cccc(-c2ccc(CNCCC3=CCCCC3)o2)c1. The Labute approximate surface area is 157 Å². The van der Waals surface area contributed by atoms with E-state index in [1.54, 1.807) is 12.1 Å². The van der Waals surface area contributed by atoms with Crippen molar-refractivity contribution in [2.24, 2.45) is 0 Å². The highest BCUT2D eigenvalue weighted by atomic mass is 35.5. The average Bonchev–Trinajstić information content (AvgIpc) is 3.08. The van der Waals surface area contributed by atoms with Crippen LogP contribution in [0, 0.1) is 0 Å². The predicted molar refractivity (Wildman–Crippen MR) is 99.3 cm³/mol. The van der Waals surface area contributed by atoms with Crippen molar-refractivity contribution in [2.45, 2.75) is 44.8 Å². The molecule has 1 aromatic carbocycles. The molecule has 1 heterocycles. The third kappa shape index (κ3) is 5.64. The van der Waals surface area contributed by atoms with Gasteiger partial charge in [-0.15, -0.1) is 12.4 Å². The summed E-state index contributed by atoms with van der Waals surface area (Å²) in [5.41, 5.74) is 1.29. The van der Waals surface area contributed by atoms with Crippen LogP contribution in [0.5, 0.6) is 0 Å². The zero-order chi connectivity index (χ0) is 17.7. The number of furan rings is 1. The van der Waals surface area contributed by atoms with Gasteiger partial charge in [-0.1, -0.05) is 23.8 Å². The van der Waals surface area contributed by atoms with E-state index in [1.807, 2.05) is 6.07 Å². The molecule has 6 heteroatoms. The Bertz CT molecular complexity index is 737. The second-order valence-corrected chi connectivity index (χ2v) is 6.38. The lowest BCUT2D eigenvalue weighted by atomic mass is 9.97. The first-order valence-electron chi connectivity index (χ1n) is 8.67. The first kappa shape index (κ1) is 20.6. The second-order valence-electron chi connectivity index (χ2n) is 6.38. The molecule has 0 unspecified atom stereocenters. The number of benzene rings is 1. The normalized spacial score (nSPS) is 14.7. The van der Waals surface area contributed by atoms with Crippen molar-refractivity contribution in [2.75, 3.05) is 6.54 Å². The van der Waals surface area contributed by atoms with Gasteiger partial charge >= 0.3 is 6.18 Å². The molecule has 1 aromatic heterocycles. The van der Waals surface area contributed by atoms with Crippen LogP contribution in [-0.2, 0) is 12.7 Å². The van der Waals surface area contributed by atoms with E-state index in [9.17, 15) is 13.2 Å². The summed E-state index contributed by atoms with van der Waals surface area (Å²) in [6, 6.07) is 8.73. The maximum Gasteiger partial charge on any atom is 0.416 e. The highest BCUT2D eigenvalue weighted by molar-refractivity contribution is 5.85. The average molecular weight is 386 g/mol. The summed E-state index contributed by atoms with van der Waals surface area (Å²) >= 11 is 0. The topological polar surface area (TPSA) is 25.2 Å². The monoisotopic (exact) mass is 385 g/mol. The minimum absolute atomic E-state index is 0. The van der Waals surface area contributed by atoms with Gasteiger partial charge in [0.05, 0.1) is 12.1 Å². The molecule has 0 aliphatic heterocycles. The van der Waals surface area contributed by atoms with E-state index in [0.717, 1.165) is 30.9 Å². The van der Waals surface area contributed by atoms with Gasteiger partial charge in [-0.3, -0.25) is 0 Å². The number of halogens is 4. The molecule has 1 aliphatic carbocycles. The van der Waals surface area contributed by atoms with Crippen molar-refractivity contribution in [3.63, 3.8) is 0 Å². The lowest BCUT2D eigenvalue weighted by molar-refractivity contribution is -0.137. The van der Waals surface area contributed by atoms with Crippen molar-refractivity contribution in [3.8, 4) is 11.3 Å². The molecule has 1 N–H and O–H groups in total. The molecule has 0 atom stereocenters. The van der Waals surface area contributed by atoms with Gasteiger partial charge in [0.1, 0.15) is 11.5 Å². The zero-order valence-electron chi connectivity index (χ0n) is 14.4. The lowest BCUT2D eigenvalue weighted by Gasteiger charge is -2.12. The Hall–Kier alpha value is -1.72. The minimum Gasteiger partial charge on any atom is -0.460 e. The molecule has 1 aliphatic rings. The number of alkyl halides is 3. The highest BCUT2D eigenvalue weighted by Crippen LogP contribution is 2.32. The number of rotatable bonds is 6. The van der Waals surface area contributed by atoms with Crippen LogP contribution >= 0.6 is 12.4 Å². The standard InChI is InChI=1S/C20H22F3NO.ClH/c21-20(22,23)17-8-4-7-16(13-17)19-10-9-18(25-19)14-24-12-11-15-5-2-1-3-6-15;/h4-5,7-10,13,24H,1-3,6,11-12,14H2;1H. The van der Waals surface area contributed by atoms with Crippen LogP contribution < -0.4 is 5.32 Å². The summed E-state index contributed by atoms with van der Waals surface area (Å²) in [6.07, 6.45) is 3.99. The minimum atomic E-state index is -4.35. The van der Waals surface area contributed by atoms with Crippen LogP contribution in [0.25, 0.3) is 11.3 Å². The Kier molecular flexibility index (Phi) is 7.35. The molecule has 0 bridgehead atoms. The van der Waals surface area contributed by atoms with Crippen molar-refractivity contribution < 1.29 is 17.6 Å². The summed E-state index contributed by atoms with van der Waals surface area (Å²) < 4.78 is 44.1. The molecule has 0 spiro atoms. The van der Waals surface area contributed by atoms with Crippen LogP contribution in [0.3, 0.4) is 0 Å². The van der Waals surface area contributed by atoms with Gasteiger partial charge in [-0.2, -0.15) is 13.2 Å². The van der Waals surface area contributed by atoms with Gasteiger partial charge in [0.2, 0.25) is 0 Å². The number of nitrogens with one attached hydrogen (secondary N) is 1. The fraction of sp³-hybridized carbons (Fsp3) is 0.400. The number of hydrogen-bond acceptors (Lipinski definition) is 2. The molecule has 0 fully saturated rings. The first-order chi connectivity index (χ1) is 12.0. The van der Waals surface area contributed by atoms with E-state index in [-0.39, 0.29) is 12.4 Å². The van der Waals surface area contributed by atoms with E-state index in [1.165, 1.54) is 37.3 Å². The fourth-order valence-corrected chi connectivity index (χ4v) is 3.07. The van der Waals surface area contributed by atoms with E-state index in [0.29, 0.717) is 17.9 Å². The summed E-state index contributed by atoms with van der Waals surface area (Å²) in [7, 11) is 0. The van der Waals surface area contributed by atoms with E-state index >= 15 is 0 Å². The molecule has 0 saturated heterocycles. The van der Waals surface area contributed by atoms with Gasteiger partial charge < -0.3 is 9.73 Å². The Morgan fingerprint density at radius 1 is 1.08 bits per heavy atom. The van der Waals surface area contributed by atoms with Crippen LogP contribution in [0.2, 0.25) is 0 Å². The van der Waals surface area contributed by atoms with Gasteiger partial charge in [-0.05, 0) is 62.9 Å². The van der Waals surface area contributed by atoms with Gasteiger partial charge in [0, 0.05) is 5.56 Å². The predicted octanol–water partition coefficient (Wildman–Crippen LogP) is 6.37. The van der Waals surface area contributed by atoms with Crippen molar-refractivity contribution in [3.05, 3.63) is 59.4 Å². The number of hydrogen-bond donors (Lipinski definition) is 1. The summed E-state index contributed by atoms with van der Waals surface area (Å²) in [5.74, 6) is 1.18. The molecule has 0 saturated carbocycles. The molecule has 142 valence electrons. The van der Waals surface area contributed by atoms with Gasteiger partial charge in [0.15, 0.2) is 0 Å². The molecular weight excluding hydrogens is 363 g/mol. The van der Waals surface area contributed by atoms with E-state index in [4.69, 9.17) is 4.42 Å². The maximum absolute atomic E-state index is 12.8.